The van der Waals surface area contributed by atoms with Crippen molar-refractivity contribution in [3.05, 3.63) is 35.4 Å². The molecule has 0 aliphatic carbocycles. The fourth-order valence-corrected chi connectivity index (χ4v) is 1.88. The minimum atomic E-state index is -0.767. The fraction of sp³-hybridized carbons (Fsp3) is 0.455. The van der Waals surface area contributed by atoms with Crippen molar-refractivity contribution in [3.63, 3.8) is 0 Å². The second-order valence-corrected chi connectivity index (χ2v) is 3.76. The van der Waals surface area contributed by atoms with E-state index < -0.39 is 23.8 Å². The lowest BCUT2D eigenvalue weighted by Gasteiger charge is -2.30. The van der Waals surface area contributed by atoms with E-state index in [4.69, 9.17) is 15.3 Å². The maximum Gasteiger partial charge on any atom is 0.131 e. The summed E-state index contributed by atoms with van der Waals surface area (Å²) >= 11 is 0. The van der Waals surface area contributed by atoms with Crippen LogP contribution >= 0.6 is 0 Å². The van der Waals surface area contributed by atoms with Crippen molar-refractivity contribution in [3.8, 4) is 0 Å². The van der Waals surface area contributed by atoms with E-state index in [0.717, 1.165) is 0 Å². The van der Waals surface area contributed by atoms with E-state index >= 15 is 0 Å². The molecular formula is C11H14F2N2O2. The van der Waals surface area contributed by atoms with Crippen LogP contribution in [0.5, 0.6) is 0 Å². The number of nitrogens with one attached hydrogen (secondary N) is 1. The first kappa shape index (κ1) is 12.4. The van der Waals surface area contributed by atoms with Gasteiger partial charge in [-0.2, -0.15) is 0 Å². The lowest BCUT2D eigenvalue weighted by Crippen LogP contribution is -2.44. The molecule has 0 aromatic heterocycles. The second kappa shape index (κ2) is 5.50. The maximum atomic E-state index is 13.6. The molecule has 0 saturated carbocycles. The van der Waals surface area contributed by atoms with Gasteiger partial charge in [0.15, 0.2) is 0 Å². The van der Waals surface area contributed by atoms with Crippen LogP contribution in [0.15, 0.2) is 18.2 Å². The Hall–Kier alpha value is -1.08. The summed E-state index contributed by atoms with van der Waals surface area (Å²) in [6.45, 7) is 1.12. The van der Waals surface area contributed by atoms with E-state index in [1.54, 1.807) is 0 Å². The molecule has 6 heteroatoms. The zero-order chi connectivity index (χ0) is 12.3. The van der Waals surface area contributed by atoms with Crippen LogP contribution in [-0.2, 0) is 9.47 Å². The molecule has 1 aliphatic heterocycles. The van der Waals surface area contributed by atoms with E-state index in [1.165, 1.54) is 18.2 Å². The minimum absolute atomic E-state index is 0.120. The third-order valence-electron chi connectivity index (χ3n) is 2.70. The summed E-state index contributed by atoms with van der Waals surface area (Å²) in [6.07, 6.45) is -0.500. The van der Waals surface area contributed by atoms with Crippen molar-refractivity contribution >= 4 is 0 Å². The van der Waals surface area contributed by atoms with E-state index in [2.05, 4.69) is 5.43 Å². The van der Waals surface area contributed by atoms with Crippen LogP contribution in [0.2, 0.25) is 0 Å². The molecule has 1 aromatic rings. The first-order chi connectivity index (χ1) is 8.24. The van der Waals surface area contributed by atoms with Crippen molar-refractivity contribution in [2.75, 3.05) is 19.8 Å². The highest BCUT2D eigenvalue weighted by atomic mass is 19.1. The average molecular weight is 244 g/mol. The Kier molecular flexibility index (Phi) is 4.01. The van der Waals surface area contributed by atoms with Gasteiger partial charge in [0.25, 0.3) is 0 Å². The normalized spacial score (nSPS) is 22.4. The predicted molar refractivity (Wildman–Crippen MR) is 57.0 cm³/mol. The van der Waals surface area contributed by atoms with E-state index in [9.17, 15) is 8.78 Å². The Morgan fingerprint density at radius 3 is 2.53 bits per heavy atom. The third kappa shape index (κ3) is 2.61. The molecule has 2 unspecified atom stereocenters. The van der Waals surface area contributed by atoms with Crippen molar-refractivity contribution < 1.29 is 18.3 Å². The summed E-state index contributed by atoms with van der Waals surface area (Å²) in [5, 5.41) is 0. The van der Waals surface area contributed by atoms with Gasteiger partial charge in [-0.3, -0.25) is 11.3 Å². The smallest absolute Gasteiger partial charge is 0.131 e. The molecule has 1 fully saturated rings. The molecule has 0 radical (unpaired) electrons. The molecule has 1 aliphatic rings. The largest absolute Gasteiger partial charge is 0.376 e. The van der Waals surface area contributed by atoms with Gasteiger partial charge in [-0.25, -0.2) is 8.78 Å². The monoisotopic (exact) mass is 244 g/mol. The van der Waals surface area contributed by atoms with Gasteiger partial charge >= 0.3 is 0 Å². The van der Waals surface area contributed by atoms with Crippen molar-refractivity contribution in [1.82, 2.24) is 5.43 Å². The van der Waals surface area contributed by atoms with Crippen LogP contribution in [0.3, 0.4) is 0 Å². The number of rotatable bonds is 3. The van der Waals surface area contributed by atoms with E-state index in [1.807, 2.05) is 0 Å². The van der Waals surface area contributed by atoms with E-state index in [0.29, 0.717) is 13.2 Å². The van der Waals surface area contributed by atoms with Crippen LogP contribution in [0.25, 0.3) is 0 Å². The van der Waals surface area contributed by atoms with Crippen molar-refractivity contribution in [1.29, 1.82) is 0 Å². The van der Waals surface area contributed by atoms with Gasteiger partial charge in [0.1, 0.15) is 17.7 Å². The number of nitrogens with two attached hydrogens (primary N) is 1. The Morgan fingerprint density at radius 1 is 1.29 bits per heavy atom. The quantitative estimate of drug-likeness (QED) is 0.612. The SMILES string of the molecule is NNC(c1c(F)cccc1F)C1COCCO1. The number of hydrogen-bond donors (Lipinski definition) is 2. The molecule has 1 aromatic carbocycles. The lowest BCUT2D eigenvalue weighted by atomic mass is 10.0. The molecule has 17 heavy (non-hydrogen) atoms. The third-order valence-corrected chi connectivity index (χ3v) is 2.70. The zero-order valence-electron chi connectivity index (χ0n) is 9.16. The summed E-state index contributed by atoms with van der Waals surface area (Å²) in [7, 11) is 0. The molecule has 2 atom stereocenters. The Morgan fingerprint density at radius 2 is 2.00 bits per heavy atom. The second-order valence-electron chi connectivity index (χ2n) is 3.76. The van der Waals surface area contributed by atoms with Gasteiger partial charge in [-0.15, -0.1) is 0 Å². The maximum absolute atomic E-state index is 13.6. The Labute approximate surface area is 97.7 Å². The van der Waals surface area contributed by atoms with Crippen molar-refractivity contribution in [2.45, 2.75) is 12.1 Å². The first-order valence-corrected chi connectivity index (χ1v) is 5.33. The molecular weight excluding hydrogens is 230 g/mol. The first-order valence-electron chi connectivity index (χ1n) is 5.33. The number of benzene rings is 1. The molecule has 0 spiro atoms. The zero-order valence-corrected chi connectivity index (χ0v) is 9.16. The molecule has 0 amide bonds. The predicted octanol–water partition coefficient (Wildman–Crippen LogP) is 0.885. The Bertz CT molecular complexity index is 363. The molecule has 0 bridgehead atoms. The summed E-state index contributed by atoms with van der Waals surface area (Å²) < 4.78 is 37.8. The van der Waals surface area contributed by atoms with Crippen LogP contribution in [0.1, 0.15) is 11.6 Å². The van der Waals surface area contributed by atoms with Gasteiger partial charge < -0.3 is 9.47 Å². The van der Waals surface area contributed by atoms with Crippen LogP contribution in [0, 0.1) is 11.6 Å². The van der Waals surface area contributed by atoms with Gasteiger partial charge in [-0.1, -0.05) is 6.07 Å². The van der Waals surface area contributed by atoms with Crippen LogP contribution in [0.4, 0.5) is 8.78 Å². The van der Waals surface area contributed by atoms with Crippen LogP contribution in [-0.4, -0.2) is 25.9 Å². The van der Waals surface area contributed by atoms with Gasteiger partial charge in [0, 0.05) is 5.56 Å². The topological polar surface area (TPSA) is 56.5 Å². The van der Waals surface area contributed by atoms with Gasteiger partial charge in [0.2, 0.25) is 0 Å². The summed E-state index contributed by atoms with van der Waals surface area (Å²) in [5.41, 5.74) is 2.26. The highest BCUT2D eigenvalue weighted by Crippen LogP contribution is 2.25. The van der Waals surface area contributed by atoms with E-state index in [-0.39, 0.29) is 12.2 Å². The fourth-order valence-electron chi connectivity index (χ4n) is 1.88. The number of hydrogen-bond acceptors (Lipinski definition) is 4. The van der Waals surface area contributed by atoms with Gasteiger partial charge in [-0.05, 0) is 12.1 Å². The summed E-state index contributed by atoms with van der Waals surface area (Å²) in [6, 6.07) is 2.91. The average Bonchev–Trinajstić information content (AvgIpc) is 2.35. The highest BCUT2D eigenvalue weighted by Gasteiger charge is 2.30. The molecule has 1 heterocycles. The molecule has 2 rings (SSSR count). The van der Waals surface area contributed by atoms with Crippen molar-refractivity contribution in [2.24, 2.45) is 5.84 Å². The number of ether oxygens (including phenoxy) is 2. The highest BCUT2D eigenvalue weighted by molar-refractivity contribution is 5.24. The standard InChI is InChI=1S/C11H14F2N2O2/c12-7-2-1-3-8(13)10(7)11(15-14)9-6-16-4-5-17-9/h1-3,9,11,15H,4-6,14H2. The molecule has 94 valence electrons. The minimum Gasteiger partial charge on any atom is -0.376 e. The number of hydrazine groups is 1. The summed E-state index contributed by atoms with van der Waals surface area (Å²) in [5.74, 6) is 4.05. The molecule has 4 nitrogen and oxygen atoms in total. The lowest BCUT2D eigenvalue weighted by molar-refractivity contribution is -0.103. The summed E-state index contributed by atoms with van der Waals surface area (Å²) in [4.78, 5) is 0. The molecule has 1 saturated heterocycles. The molecule has 3 N–H and O–H groups in total. The van der Waals surface area contributed by atoms with Gasteiger partial charge in [0.05, 0.1) is 25.9 Å². The van der Waals surface area contributed by atoms with Crippen LogP contribution < -0.4 is 11.3 Å². The number of halogens is 2. The Balaban J connectivity index is 2.27.